The quantitative estimate of drug-likeness (QED) is 0.711. The van der Waals surface area contributed by atoms with Gasteiger partial charge in [0.1, 0.15) is 5.82 Å². The van der Waals surface area contributed by atoms with Crippen molar-refractivity contribution in [2.45, 2.75) is 18.7 Å². The minimum Gasteiger partial charge on any atom is -0.493 e. The monoisotopic (exact) mass is 220 g/mol. The van der Waals surface area contributed by atoms with Crippen molar-refractivity contribution in [3.63, 3.8) is 0 Å². The lowest BCUT2D eigenvalue weighted by Crippen LogP contribution is -2.02. The van der Waals surface area contributed by atoms with Crippen molar-refractivity contribution in [3.05, 3.63) is 29.3 Å². The topological polar surface area (TPSA) is 9.23 Å². The highest BCUT2D eigenvalue weighted by Crippen LogP contribution is 2.25. The third-order valence-corrected chi connectivity index (χ3v) is 1.94. The molecule has 1 atom stereocenters. The van der Waals surface area contributed by atoms with E-state index in [1.165, 1.54) is 13.2 Å². The summed E-state index contributed by atoms with van der Waals surface area (Å²) in [6.45, 7) is 1.75. The molecule has 0 saturated heterocycles. The van der Waals surface area contributed by atoms with Crippen LogP contribution in [0.25, 0.3) is 0 Å². The van der Waals surface area contributed by atoms with E-state index in [1.807, 2.05) is 0 Å². The Morgan fingerprint density at radius 3 is 2.57 bits per heavy atom. The van der Waals surface area contributed by atoms with Crippen LogP contribution in [0.1, 0.15) is 12.5 Å². The zero-order valence-corrected chi connectivity index (χ0v) is 8.74. The van der Waals surface area contributed by atoms with Gasteiger partial charge in [0.15, 0.2) is 11.6 Å². The van der Waals surface area contributed by atoms with Gasteiger partial charge >= 0.3 is 0 Å². The van der Waals surface area contributed by atoms with Crippen LogP contribution < -0.4 is 4.74 Å². The third kappa shape index (κ3) is 2.58. The summed E-state index contributed by atoms with van der Waals surface area (Å²) in [6, 6.07) is 2.03. The van der Waals surface area contributed by atoms with Crippen LogP contribution in [0, 0.1) is 11.6 Å². The average molecular weight is 221 g/mol. The second-order valence-electron chi connectivity index (χ2n) is 3.06. The lowest BCUT2D eigenvalue weighted by Gasteiger charge is -2.10. The zero-order valence-electron chi connectivity index (χ0n) is 7.98. The second kappa shape index (κ2) is 4.60. The summed E-state index contributed by atoms with van der Waals surface area (Å²) < 4.78 is 30.8. The van der Waals surface area contributed by atoms with Crippen LogP contribution in [-0.2, 0) is 6.42 Å². The number of benzene rings is 1. The van der Waals surface area contributed by atoms with E-state index in [0.29, 0.717) is 12.0 Å². The Morgan fingerprint density at radius 2 is 2.07 bits per heavy atom. The van der Waals surface area contributed by atoms with Gasteiger partial charge in [-0.05, 0) is 19.4 Å². The van der Waals surface area contributed by atoms with Crippen LogP contribution in [-0.4, -0.2) is 12.5 Å². The lowest BCUT2D eigenvalue weighted by molar-refractivity contribution is 0.378. The summed E-state index contributed by atoms with van der Waals surface area (Å²) in [5.74, 6) is -1.24. The first-order chi connectivity index (χ1) is 6.54. The molecule has 0 fully saturated rings. The molecule has 4 heteroatoms. The van der Waals surface area contributed by atoms with Gasteiger partial charge in [0, 0.05) is 17.0 Å². The van der Waals surface area contributed by atoms with Crippen molar-refractivity contribution < 1.29 is 13.5 Å². The largest absolute Gasteiger partial charge is 0.493 e. The molecule has 14 heavy (non-hydrogen) atoms. The standard InChI is InChI=1S/C10H11ClF2O/c1-6(11)3-7-4-8(12)5-9(13)10(7)14-2/h4-6H,3H2,1-2H3. The molecule has 0 aliphatic rings. The molecule has 0 bridgehead atoms. The van der Waals surface area contributed by atoms with Gasteiger partial charge in [-0.2, -0.15) is 0 Å². The lowest BCUT2D eigenvalue weighted by atomic mass is 10.1. The van der Waals surface area contributed by atoms with E-state index >= 15 is 0 Å². The van der Waals surface area contributed by atoms with E-state index in [2.05, 4.69) is 0 Å². The number of hydrogen-bond acceptors (Lipinski definition) is 1. The van der Waals surface area contributed by atoms with E-state index in [4.69, 9.17) is 16.3 Å². The fourth-order valence-corrected chi connectivity index (χ4v) is 1.46. The van der Waals surface area contributed by atoms with Crippen molar-refractivity contribution in [2.75, 3.05) is 7.11 Å². The Balaban J connectivity index is 3.11. The molecule has 1 rings (SSSR count). The number of alkyl halides is 1. The Hall–Kier alpha value is -0.830. The first-order valence-electron chi connectivity index (χ1n) is 4.20. The summed E-state index contributed by atoms with van der Waals surface area (Å²) >= 11 is 5.75. The SMILES string of the molecule is COc1c(F)cc(F)cc1CC(C)Cl. The van der Waals surface area contributed by atoms with Crippen molar-refractivity contribution >= 4 is 11.6 Å². The van der Waals surface area contributed by atoms with E-state index in [0.717, 1.165) is 6.07 Å². The molecule has 1 aromatic rings. The first kappa shape index (κ1) is 11.2. The van der Waals surface area contributed by atoms with Gasteiger partial charge in [0.05, 0.1) is 7.11 Å². The summed E-state index contributed by atoms with van der Waals surface area (Å²) in [4.78, 5) is 0. The number of ether oxygens (including phenoxy) is 1. The van der Waals surface area contributed by atoms with Crippen molar-refractivity contribution in [3.8, 4) is 5.75 Å². The van der Waals surface area contributed by atoms with Gasteiger partial charge < -0.3 is 4.74 Å². The molecule has 1 unspecified atom stereocenters. The van der Waals surface area contributed by atoms with Gasteiger partial charge in [0.2, 0.25) is 0 Å². The second-order valence-corrected chi connectivity index (χ2v) is 3.81. The average Bonchev–Trinajstić information content (AvgIpc) is 2.01. The summed E-state index contributed by atoms with van der Waals surface area (Å²) in [5.41, 5.74) is 0.451. The van der Waals surface area contributed by atoms with Gasteiger partial charge in [-0.15, -0.1) is 11.6 Å². The molecule has 78 valence electrons. The minimum absolute atomic E-state index is 0.0684. The predicted molar refractivity (Wildman–Crippen MR) is 51.9 cm³/mol. The van der Waals surface area contributed by atoms with E-state index in [9.17, 15) is 8.78 Å². The Bertz CT molecular complexity index is 326. The predicted octanol–water partition coefficient (Wildman–Crippen LogP) is 3.14. The molecule has 0 amide bonds. The molecule has 0 saturated carbocycles. The maximum atomic E-state index is 13.2. The molecule has 0 aliphatic heterocycles. The van der Waals surface area contributed by atoms with Gasteiger partial charge in [0.25, 0.3) is 0 Å². The molecule has 0 N–H and O–H groups in total. The fraction of sp³-hybridized carbons (Fsp3) is 0.400. The Morgan fingerprint density at radius 1 is 1.43 bits per heavy atom. The van der Waals surface area contributed by atoms with Crippen LogP contribution in [0.2, 0.25) is 0 Å². The molecular formula is C10H11ClF2O. The molecule has 0 aromatic heterocycles. The van der Waals surface area contributed by atoms with E-state index in [-0.39, 0.29) is 11.1 Å². The maximum absolute atomic E-state index is 13.2. The normalized spacial score (nSPS) is 12.6. The molecule has 0 heterocycles. The smallest absolute Gasteiger partial charge is 0.168 e. The third-order valence-electron chi connectivity index (χ3n) is 1.79. The first-order valence-corrected chi connectivity index (χ1v) is 4.64. The molecule has 0 radical (unpaired) electrons. The van der Waals surface area contributed by atoms with Gasteiger partial charge in [-0.25, -0.2) is 8.78 Å². The van der Waals surface area contributed by atoms with Gasteiger partial charge in [-0.3, -0.25) is 0 Å². The van der Waals surface area contributed by atoms with Crippen LogP contribution >= 0.6 is 11.6 Å². The van der Waals surface area contributed by atoms with Crippen molar-refractivity contribution in [1.29, 1.82) is 0 Å². The number of rotatable bonds is 3. The molecule has 0 aliphatic carbocycles. The summed E-state index contributed by atoms with van der Waals surface area (Å²) in [7, 11) is 1.35. The fourth-order valence-electron chi connectivity index (χ4n) is 1.30. The van der Waals surface area contributed by atoms with E-state index in [1.54, 1.807) is 6.92 Å². The molecular weight excluding hydrogens is 210 g/mol. The Kier molecular flexibility index (Phi) is 3.69. The zero-order chi connectivity index (χ0) is 10.7. The molecule has 1 aromatic carbocycles. The molecule has 1 nitrogen and oxygen atoms in total. The van der Waals surface area contributed by atoms with Crippen LogP contribution in [0.15, 0.2) is 12.1 Å². The number of halogens is 3. The highest BCUT2D eigenvalue weighted by atomic mass is 35.5. The summed E-state index contributed by atoms with van der Waals surface area (Å²) in [6.07, 6.45) is 0.374. The maximum Gasteiger partial charge on any atom is 0.168 e. The highest BCUT2D eigenvalue weighted by molar-refractivity contribution is 6.20. The van der Waals surface area contributed by atoms with Crippen molar-refractivity contribution in [2.24, 2.45) is 0 Å². The number of hydrogen-bond donors (Lipinski definition) is 0. The highest BCUT2D eigenvalue weighted by Gasteiger charge is 2.13. The van der Waals surface area contributed by atoms with E-state index < -0.39 is 11.6 Å². The molecule has 0 spiro atoms. The Labute approximate surface area is 86.6 Å². The number of methoxy groups -OCH3 is 1. The van der Waals surface area contributed by atoms with Crippen LogP contribution in [0.4, 0.5) is 8.78 Å². The minimum atomic E-state index is -0.695. The van der Waals surface area contributed by atoms with Crippen LogP contribution in [0.5, 0.6) is 5.75 Å². The van der Waals surface area contributed by atoms with Crippen molar-refractivity contribution in [1.82, 2.24) is 0 Å². The van der Waals surface area contributed by atoms with Crippen LogP contribution in [0.3, 0.4) is 0 Å². The summed E-state index contributed by atoms with van der Waals surface area (Å²) in [5, 5.41) is -0.190. The van der Waals surface area contributed by atoms with Gasteiger partial charge in [-0.1, -0.05) is 0 Å².